The number of aromatic nitrogens is 2. The Kier molecular flexibility index (Phi) is 6.69. The summed E-state index contributed by atoms with van der Waals surface area (Å²) in [6, 6.07) is 21.5. The molecule has 0 spiro atoms. The van der Waals surface area contributed by atoms with Gasteiger partial charge in [0.2, 0.25) is 0 Å². The lowest BCUT2D eigenvalue weighted by Crippen LogP contribution is -2.32. The highest BCUT2D eigenvalue weighted by molar-refractivity contribution is 7.16. The number of benzene rings is 2. The first-order valence-corrected chi connectivity index (χ1v) is 12.3. The molecule has 0 unspecified atom stereocenters. The van der Waals surface area contributed by atoms with Crippen molar-refractivity contribution in [3.05, 3.63) is 88.4 Å². The molecule has 5 rings (SSSR count). The molecule has 1 aliphatic rings. The Morgan fingerprint density at radius 3 is 2.50 bits per heavy atom. The van der Waals surface area contributed by atoms with E-state index in [1.165, 1.54) is 17.6 Å². The number of anilines is 1. The Morgan fingerprint density at radius 2 is 1.75 bits per heavy atom. The minimum Gasteiger partial charge on any atom is -0.308 e. The summed E-state index contributed by atoms with van der Waals surface area (Å²) in [7, 11) is 0. The Morgan fingerprint density at radius 1 is 1.03 bits per heavy atom. The fourth-order valence-electron chi connectivity index (χ4n) is 4.16. The number of thiophene rings is 1. The van der Waals surface area contributed by atoms with Crippen molar-refractivity contribution in [3.63, 3.8) is 0 Å². The SMILES string of the molecule is N#Cc1c(NC(=O)C(=O)N/N=C\c2cn(-c3ccccc3)nc2-c2ccccc2)sc2c1CCCC2. The molecular formula is C27H22N6O2S. The summed E-state index contributed by atoms with van der Waals surface area (Å²) < 4.78 is 1.74. The van der Waals surface area contributed by atoms with Gasteiger partial charge in [0.15, 0.2) is 0 Å². The largest absolute Gasteiger partial charge is 0.329 e. The molecule has 2 aromatic heterocycles. The van der Waals surface area contributed by atoms with Gasteiger partial charge in [-0.25, -0.2) is 10.1 Å². The molecule has 0 aliphatic heterocycles. The van der Waals surface area contributed by atoms with Crippen LogP contribution in [0.4, 0.5) is 5.00 Å². The fourth-order valence-corrected chi connectivity index (χ4v) is 5.39. The number of fused-ring (bicyclic) bond motifs is 1. The zero-order valence-corrected chi connectivity index (χ0v) is 20.1. The first-order chi connectivity index (χ1) is 17.6. The summed E-state index contributed by atoms with van der Waals surface area (Å²) >= 11 is 1.37. The number of nitriles is 1. The van der Waals surface area contributed by atoms with Crippen LogP contribution in [0.5, 0.6) is 0 Å². The Hall–Kier alpha value is -4.55. The Balaban J connectivity index is 1.32. The number of nitrogens with zero attached hydrogens (tertiary/aromatic N) is 4. The zero-order valence-electron chi connectivity index (χ0n) is 19.3. The minimum absolute atomic E-state index is 0.420. The molecule has 8 nitrogen and oxygen atoms in total. The average Bonchev–Trinajstić information content (AvgIpc) is 3.50. The number of para-hydroxylation sites is 1. The van der Waals surface area contributed by atoms with E-state index in [9.17, 15) is 14.9 Å². The summed E-state index contributed by atoms with van der Waals surface area (Å²) in [6.07, 6.45) is 7.07. The van der Waals surface area contributed by atoms with Gasteiger partial charge in [-0.15, -0.1) is 11.3 Å². The molecule has 2 heterocycles. The van der Waals surface area contributed by atoms with Crippen LogP contribution < -0.4 is 10.7 Å². The summed E-state index contributed by atoms with van der Waals surface area (Å²) in [4.78, 5) is 26.0. The predicted octanol–water partition coefficient (Wildman–Crippen LogP) is 4.44. The number of rotatable bonds is 5. The molecular weight excluding hydrogens is 472 g/mol. The molecule has 0 radical (unpaired) electrons. The van der Waals surface area contributed by atoms with E-state index in [0.29, 0.717) is 21.8 Å². The van der Waals surface area contributed by atoms with Crippen molar-refractivity contribution >= 4 is 34.4 Å². The van der Waals surface area contributed by atoms with Crippen molar-refractivity contribution in [3.8, 4) is 23.0 Å². The van der Waals surface area contributed by atoms with Crippen molar-refractivity contribution in [2.75, 3.05) is 5.32 Å². The Bertz CT molecular complexity index is 1480. The van der Waals surface area contributed by atoms with Crippen LogP contribution in [-0.2, 0) is 22.4 Å². The molecule has 0 bridgehead atoms. The van der Waals surface area contributed by atoms with Crippen LogP contribution in [0.15, 0.2) is 72.0 Å². The number of nitrogens with one attached hydrogen (secondary N) is 2. The van der Waals surface area contributed by atoms with Crippen LogP contribution in [0.3, 0.4) is 0 Å². The predicted molar refractivity (Wildman–Crippen MR) is 139 cm³/mol. The average molecular weight is 495 g/mol. The number of carbonyl (C=O) groups is 2. The number of hydrazone groups is 1. The van der Waals surface area contributed by atoms with E-state index in [0.717, 1.165) is 47.4 Å². The molecule has 9 heteroatoms. The zero-order chi connectivity index (χ0) is 24.9. The maximum Gasteiger partial charge on any atom is 0.329 e. The number of carbonyl (C=O) groups excluding carboxylic acids is 2. The maximum atomic E-state index is 12.5. The first kappa shape index (κ1) is 23.2. The Labute approximate surface area is 211 Å². The van der Waals surface area contributed by atoms with Gasteiger partial charge in [0.1, 0.15) is 16.8 Å². The third-order valence-corrected chi connectivity index (χ3v) is 7.10. The molecule has 0 saturated carbocycles. The molecule has 0 saturated heterocycles. The van der Waals surface area contributed by atoms with Gasteiger partial charge >= 0.3 is 11.8 Å². The second-order valence-corrected chi connectivity index (χ2v) is 9.36. The van der Waals surface area contributed by atoms with Crippen molar-refractivity contribution in [1.82, 2.24) is 15.2 Å². The van der Waals surface area contributed by atoms with Gasteiger partial charge in [-0.2, -0.15) is 15.5 Å². The monoisotopic (exact) mass is 494 g/mol. The molecule has 36 heavy (non-hydrogen) atoms. The van der Waals surface area contributed by atoms with Crippen LogP contribution in [0.25, 0.3) is 16.9 Å². The second kappa shape index (κ2) is 10.4. The van der Waals surface area contributed by atoms with E-state index in [-0.39, 0.29) is 0 Å². The molecule has 2 aromatic carbocycles. The molecule has 2 amide bonds. The molecule has 178 valence electrons. The summed E-state index contributed by atoms with van der Waals surface area (Å²) in [5.74, 6) is -1.79. The lowest BCUT2D eigenvalue weighted by molar-refractivity contribution is -0.136. The minimum atomic E-state index is -0.918. The van der Waals surface area contributed by atoms with E-state index in [2.05, 4.69) is 21.9 Å². The highest BCUT2D eigenvalue weighted by atomic mass is 32.1. The van der Waals surface area contributed by atoms with Gasteiger partial charge in [0, 0.05) is 22.2 Å². The van der Waals surface area contributed by atoms with Crippen LogP contribution in [0.1, 0.15) is 34.4 Å². The maximum absolute atomic E-state index is 12.5. The third-order valence-electron chi connectivity index (χ3n) is 5.90. The lowest BCUT2D eigenvalue weighted by Gasteiger charge is -2.09. The van der Waals surface area contributed by atoms with E-state index in [1.54, 1.807) is 4.68 Å². The molecule has 0 atom stereocenters. The highest BCUT2D eigenvalue weighted by Gasteiger charge is 2.23. The van der Waals surface area contributed by atoms with Crippen molar-refractivity contribution < 1.29 is 9.59 Å². The number of hydrogen-bond acceptors (Lipinski definition) is 6. The van der Waals surface area contributed by atoms with Crippen LogP contribution in [-0.4, -0.2) is 27.8 Å². The van der Waals surface area contributed by atoms with Crippen molar-refractivity contribution in [1.29, 1.82) is 5.26 Å². The van der Waals surface area contributed by atoms with Crippen LogP contribution in [0, 0.1) is 11.3 Å². The van der Waals surface area contributed by atoms with Gasteiger partial charge in [-0.3, -0.25) is 9.59 Å². The first-order valence-electron chi connectivity index (χ1n) is 11.5. The quantitative estimate of drug-likeness (QED) is 0.243. The smallest absolute Gasteiger partial charge is 0.308 e. The van der Waals surface area contributed by atoms with E-state index < -0.39 is 11.8 Å². The molecule has 4 aromatic rings. The molecule has 0 fully saturated rings. The standard InChI is InChI=1S/C27H22N6O2S/c28-15-22-21-13-7-8-14-23(21)36-27(22)30-25(34)26(35)31-29-16-19-17-33(20-11-5-2-6-12-20)32-24(19)18-9-3-1-4-10-18/h1-6,9-12,16-17H,7-8,13-14H2,(H,30,34)(H,31,35)/b29-16-. The van der Waals surface area contributed by atoms with Gasteiger partial charge < -0.3 is 5.32 Å². The number of aryl methyl sites for hydroxylation is 1. The highest BCUT2D eigenvalue weighted by Crippen LogP contribution is 2.37. The van der Waals surface area contributed by atoms with Crippen LogP contribution in [0.2, 0.25) is 0 Å². The topological polar surface area (TPSA) is 112 Å². The lowest BCUT2D eigenvalue weighted by atomic mass is 9.96. The van der Waals surface area contributed by atoms with Gasteiger partial charge in [0.25, 0.3) is 0 Å². The number of amides is 2. The summed E-state index contributed by atoms with van der Waals surface area (Å²) in [6.45, 7) is 0. The van der Waals surface area contributed by atoms with Crippen LogP contribution >= 0.6 is 11.3 Å². The molecule has 1 aliphatic carbocycles. The summed E-state index contributed by atoms with van der Waals surface area (Å²) in [5, 5.41) is 21.3. The van der Waals surface area contributed by atoms with Gasteiger partial charge in [-0.05, 0) is 43.4 Å². The second-order valence-electron chi connectivity index (χ2n) is 8.26. The van der Waals surface area contributed by atoms with E-state index in [1.807, 2.05) is 66.9 Å². The molecule has 2 N–H and O–H groups in total. The van der Waals surface area contributed by atoms with Crippen molar-refractivity contribution in [2.45, 2.75) is 25.7 Å². The fraction of sp³-hybridized carbons (Fsp3) is 0.148. The van der Waals surface area contributed by atoms with Crippen molar-refractivity contribution in [2.24, 2.45) is 5.10 Å². The van der Waals surface area contributed by atoms with E-state index >= 15 is 0 Å². The number of hydrogen-bond donors (Lipinski definition) is 2. The normalized spacial score (nSPS) is 12.6. The van der Waals surface area contributed by atoms with Gasteiger partial charge in [0.05, 0.1) is 17.5 Å². The third kappa shape index (κ3) is 4.80. The summed E-state index contributed by atoms with van der Waals surface area (Å²) in [5.41, 5.74) is 6.86. The van der Waals surface area contributed by atoms with Gasteiger partial charge in [-0.1, -0.05) is 48.5 Å². The van der Waals surface area contributed by atoms with E-state index in [4.69, 9.17) is 5.10 Å².